The number of nitrogens with one attached hydrogen (secondary N) is 1. The third-order valence-electron chi connectivity index (χ3n) is 6.77. The van der Waals surface area contributed by atoms with Gasteiger partial charge in [-0.25, -0.2) is 13.1 Å². The lowest BCUT2D eigenvalue weighted by atomic mass is 9.82. The standard InChI is InChI=1S/C23H36N2O4S/c1-23(2)16-25-14-6-8-20(24-30(3,26)27)21(25)15-28-18-12-10-17(11-13-18)19-7-4-5-9-22(19)29-23/h4-5,7,9,17-18,20-21,24H,6,8,10-16H2,1-3H3/t17?,18?,20?,21-/m0/s1. The maximum atomic E-state index is 12.0. The van der Waals surface area contributed by atoms with E-state index in [2.05, 4.69) is 47.7 Å². The van der Waals surface area contributed by atoms with Crippen molar-refractivity contribution in [1.29, 1.82) is 0 Å². The average molecular weight is 437 g/mol. The maximum absolute atomic E-state index is 12.0. The van der Waals surface area contributed by atoms with Gasteiger partial charge < -0.3 is 9.47 Å². The Kier molecular flexibility index (Phi) is 6.45. The summed E-state index contributed by atoms with van der Waals surface area (Å²) in [6, 6.07) is 8.37. The van der Waals surface area contributed by atoms with Crippen molar-refractivity contribution in [2.75, 3.05) is 26.0 Å². The van der Waals surface area contributed by atoms with Gasteiger partial charge in [-0.1, -0.05) is 18.2 Å². The van der Waals surface area contributed by atoms with Crippen LogP contribution in [-0.4, -0.2) is 63.1 Å². The van der Waals surface area contributed by atoms with Crippen LogP contribution >= 0.6 is 0 Å². The smallest absolute Gasteiger partial charge is 0.209 e. The molecule has 30 heavy (non-hydrogen) atoms. The van der Waals surface area contributed by atoms with E-state index >= 15 is 0 Å². The van der Waals surface area contributed by atoms with Gasteiger partial charge in [-0.2, -0.15) is 0 Å². The number of para-hydroxylation sites is 1. The summed E-state index contributed by atoms with van der Waals surface area (Å²) in [5.74, 6) is 1.50. The van der Waals surface area contributed by atoms with Crippen LogP contribution in [0.15, 0.2) is 24.3 Å². The molecule has 168 valence electrons. The van der Waals surface area contributed by atoms with Gasteiger partial charge in [0.25, 0.3) is 0 Å². The highest BCUT2D eigenvalue weighted by Gasteiger charge is 2.38. The molecule has 1 N–H and O–H groups in total. The molecule has 5 rings (SSSR count). The second-order valence-electron chi connectivity index (χ2n) is 9.88. The fourth-order valence-corrected chi connectivity index (χ4v) is 6.29. The quantitative estimate of drug-likeness (QED) is 0.771. The summed E-state index contributed by atoms with van der Waals surface area (Å²) in [7, 11) is -3.27. The molecule has 3 aliphatic heterocycles. The van der Waals surface area contributed by atoms with E-state index in [0.29, 0.717) is 12.5 Å². The summed E-state index contributed by atoms with van der Waals surface area (Å²) in [6.07, 6.45) is 7.59. The van der Waals surface area contributed by atoms with E-state index in [9.17, 15) is 8.42 Å². The van der Waals surface area contributed by atoms with Crippen LogP contribution in [0.2, 0.25) is 0 Å². The molecule has 0 aromatic heterocycles. The highest BCUT2D eigenvalue weighted by Crippen LogP contribution is 2.40. The minimum absolute atomic E-state index is 0.0186. The van der Waals surface area contributed by atoms with Crippen molar-refractivity contribution in [2.45, 2.75) is 82.1 Å². The molecule has 2 fully saturated rings. The van der Waals surface area contributed by atoms with Gasteiger partial charge in [0.1, 0.15) is 11.4 Å². The van der Waals surface area contributed by atoms with Crippen molar-refractivity contribution >= 4 is 10.0 Å². The molecule has 1 aromatic rings. The molecule has 1 saturated heterocycles. The summed E-state index contributed by atoms with van der Waals surface area (Å²) in [6.45, 7) is 6.48. The zero-order valence-corrected chi connectivity index (χ0v) is 19.3. The van der Waals surface area contributed by atoms with E-state index in [1.165, 1.54) is 11.8 Å². The molecule has 2 atom stereocenters. The van der Waals surface area contributed by atoms with Gasteiger partial charge in [-0.3, -0.25) is 4.90 Å². The predicted molar refractivity (Wildman–Crippen MR) is 118 cm³/mol. The Hall–Kier alpha value is -1.15. The first-order valence-electron chi connectivity index (χ1n) is 11.3. The zero-order chi connectivity index (χ0) is 21.4. The molecule has 1 unspecified atom stereocenters. The van der Waals surface area contributed by atoms with Crippen LogP contribution < -0.4 is 9.46 Å². The number of sulfonamides is 1. The second kappa shape index (κ2) is 8.77. The highest BCUT2D eigenvalue weighted by atomic mass is 32.2. The van der Waals surface area contributed by atoms with Crippen LogP contribution in [0, 0.1) is 0 Å². The Bertz CT molecular complexity index is 833. The van der Waals surface area contributed by atoms with Gasteiger partial charge in [0, 0.05) is 18.6 Å². The number of hydrogen-bond donors (Lipinski definition) is 1. The molecular weight excluding hydrogens is 400 g/mol. The summed E-state index contributed by atoms with van der Waals surface area (Å²) in [5.41, 5.74) is 0.919. The molecule has 4 aliphatic rings. The molecule has 2 bridgehead atoms. The Labute approximate surface area is 181 Å². The van der Waals surface area contributed by atoms with Crippen LogP contribution in [-0.2, 0) is 14.8 Å². The molecule has 0 radical (unpaired) electrons. The molecule has 7 heteroatoms. The predicted octanol–water partition coefficient (Wildman–Crippen LogP) is 3.28. The van der Waals surface area contributed by atoms with Crippen molar-refractivity contribution in [3.63, 3.8) is 0 Å². The van der Waals surface area contributed by atoms with Crippen LogP contribution in [0.25, 0.3) is 0 Å². The minimum atomic E-state index is -3.27. The fraction of sp³-hybridized carbons (Fsp3) is 0.739. The van der Waals surface area contributed by atoms with E-state index in [-0.39, 0.29) is 18.2 Å². The minimum Gasteiger partial charge on any atom is -0.486 e. The number of piperidine rings is 1. The van der Waals surface area contributed by atoms with Gasteiger partial charge in [-0.05, 0) is 76.5 Å². The Balaban J connectivity index is 1.64. The first kappa shape index (κ1) is 22.1. The number of ether oxygens (including phenoxy) is 2. The number of benzene rings is 1. The van der Waals surface area contributed by atoms with Crippen LogP contribution in [0.5, 0.6) is 5.75 Å². The Morgan fingerprint density at radius 2 is 1.83 bits per heavy atom. The number of nitrogens with zero attached hydrogens (tertiary/aromatic N) is 1. The Morgan fingerprint density at radius 3 is 2.57 bits per heavy atom. The Morgan fingerprint density at radius 1 is 1.10 bits per heavy atom. The first-order chi connectivity index (χ1) is 14.2. The number of hydrogen-bond acceptors (Lipinski definition) is 5. The van der Waals surface area contributed by atoms with Crippen molar-refractivity contribution in [3.8, 4) is 5.75 Å². The molecule has 6 nitrogen and oxygen atoms in total. The van der Waals surface area contributed by atoms with E-state index < -0.39 is 15.6 Å². The number of fused-ring (bicyclic) bond motifs is 5. The molecule has 0 spiro atoms. The van der Waals surface area contributed by atoms with Gasteiger partial charge in [-0.15, -0.1) is 0 Å². The van der Waals surface area contributed by atoms with Gasteiger partial charge in [0.15, 0.2) is 0 Å². The first-order valence-corrected chi connectivity index (χ1v) is 13.2. The van der Waals surface area contributed by atoms with Crippen molar-refractivity contribution in [2.24, 2.45) is 0 Å². The topological polar surface area (TPSA) is 67.9 Å². The van der Waals surface area contributed by atoms with Crippen LogP contribution in [0.1, 0.15) is 63.9 Å². The van der Waals surface area contributed by atoms with Crippen molar-refractivity contribution in [1.82, 2.24) is 9.62 Å². The van der Waals surface area contributed by atoms with E-state index in [0.717, 1.165) is 57.4 Å². The van der Waals surface area contributed by atoms with Crippen LogP contribution in [0.3, 0.4) is 0 Å². The largest absolute Gasteiger partial charge is 0.486 e. The summed E-state index contributed by atoms with van der Waals surface area (Å²) >= 11 is 0. The van der Waals surface area contributed by atoms with Gasteiger partial charge >= 0.3 is 0 Å². The maximum Gasteiger partial charge on any atom is 0.209 e. The van der Waals surface area contributed by atoms with Gasteiger partial charge in [0.05, 0.1) is 19.0 Å². The molecule has 1 saturated carbocycles. The third-order valence-corrected chi connectivity index (χ3v) is 7.50. The normalized spacial score (nSPS) is 32.6. The van der Waals surface area contributed by atoms with Crippen LogP contribution in [0.4, 0.5) is 0 Å². The summed E-state index contributed by atoms with van der Waals surface area (Å²) in [5, 5.41) is 0. The molecule has 1 aromatic carbocycles. The average Bonchev–Trinajstić information content (AvgIpc) is 2.67. The van der Waals surface area contributed by atoms with E-state index in [1.807, 2.05) is 0 Å². The molecule has 1 aliphatic carbocycles. The molecular formula is C23H36N2O4S. The lowest BCUT2D eigenvalue weighted by molar-refractivity contribution is -0.0427. The molecule has 0 amide bonds. The zero-order valence-electron chi connectivity index (χ0n) is 18.5. The summed E-state index contributed by atoms with van der Waals surface area (Å²) < 4.78 is 39.9. The fourth-order valence-electron chi connectivity index (χ4n) is 5.46. The second-order valence-corrected chi connectivity index (χ2v) is 11.7. The third kappa shape index (κ3) is 5.36. The van der Waals surface area contributed by atoms with E-state index in [1.54, 1.807) is 0 Å². The number of rotatable bonds is 2. The van der Waals surface area contributed by atoms with E-state index in [4.69, 9.17) is 9.47 Å². The lowest BCUT2D eigenvalue weighted by Crippen LogP contribution is -2.60. The van der Waals surface area contributed by atoms with Crippen molar-refractivity contribution in [3.05, 3.63) is 29.8 Å². The lowest BCUT2D eigenvalue weighted by Gasteiger charge is -2.44. The summed E-state index contributed by atoms with van der Waals surface area (Å²) in [4.78, 5) is 2.37. The van der Waals surface area contributed by atoms with Crippen molar-refractivity contribution < 1.29 is 17.9 Å². The van der Waals surface area contributed by atoms with Gasteiger partial charge in [0.2, 0.25) is 10.0 Å². The SMILES string of the molecule is CC1(C)CN2CCCC(NS(C)(=O)=O)[C@@H]2COC2CCC(CC2)c2ccccc2O1. The molecule has 3 heterocycles. The highest BCUT2D eigenvalue weighted by molar-refractivity contribution is 7.88. The monoisotopic (exact) mass is 436 g/mol.